The minimum Gasteiger partial charge on any atom is -0.462 e. The van der Waals surface area contributed by atoms with E-state index in [1.807, 2.05) is 0 Å². The fourth-order valence-electron chi connectivity index (χ4n) is 10.9. The molecule has 1 aliphatic heterocycles. The maximum Gasteiger partial charge on any atom is 0.302 e. The van der Waals surface area contributed by atoms with E-state index in [0.717, 1.165) is 45.4 Å². The average molecular weight is 451 g/mol. The summed E-state index contributed by atoms with van der Waals surface area (Å²) < 4.78 is 17.7. The van der Waals surface area contributed by atoms with E-state index in [-0.39, 0.29) is 64.8 Å². The molecule has 13 atom stereocenters. The van der Waals surface area contributed by atoms with Gasteiger partial charge in [0, 0.05) is 50.7 Å². The molecule has 5 saturated carbocycles. The summed E-state index contributed by atoms with van der Waals surface area (Å²) in [5.74, 6) is 0.271. The zero-order valence-electron chi connectivity index (χ0n) is 19.9. The normalized spacial score (nSPS) is 59.2. The standard InChI is InChI=1S/C25H39NO6/c1-5-26-11-23(12-30-3)7-6-19(28)25-15-8-14-17(31-4)10-24(29,16(22(25)26)9-18(23)25)20(15)21(14)32-13(2)27/h14-22,28-29H,5-12H2,1-4H3/p+1. The summed E-state index contributed by atoms with van der Waals surface area (Å²) in [5, 5.41) is 24.4. The third-order valence-electron chi connectivity index (χ3n) is 11.4. The highest BCUT2D eigenvalue weighted by Crippen LogP contribution is 2.76. The largest absolute Gasteiger partial charge is 0.462 e. The zero-order valence-corrected chi connectivity index (χ0v) is 19.9. The molecule has 7 nitrogen and oxygen atoms in total. The van der Waals surface area contributed by atoms with Gasteiger partial charge in [-0.05, 0) is 44.4 Å². The van der Waals surface area contributed by atoms with Crippen molar-refractivity contribution < 1.29 is 34.1 Å². The minimum absolute atomic E-state index is 0.0508. The lowest BCUT2D eigenvalue weighted by Gasteiger charge is -2.66. The molecule has 7 heteroatoms. The maximum absolute atomic E-state index is 12.5. The third kappa shape index (κ3) is 2.28. The van der Waals surface area contributed by atoms with Gasteiger partial charge in [0.2, 0.25) is 0 Å². The van der Waals surface area contributed by atoms with Crippen molar-refractivity contribution >= 4 is 5.97 Å². The van der Waals surface area contributed by atoms with Crippen molar-refractivity contribution in [3.8, 4) is 0 Å². The number of carbonyl (C=O) groups is 1. The molecule has 5 aliphatic carbocycles. The number of aliphatic hydroxyl groups excluding tert-OH is 1. The van der Waals surface area contributed by atoms with Gasteiger partial charge in [0.15, 0.2) is 0 Å². The number of piperidine rings is 1. The van der Waals surface area contributed by atoms with E-state index in [1.165, 1.54) is 11.8 Å². The van der Waals surface area contributed by atoms with Gasteiger partial charge in [0.05, 0.1) is 42.9 Å². The molecule has 1 spiro atoms. The molecule has 1 saturated heterocycles. The van der Waals surface area contributed by atoms with Crippen LogP contribution in [0.3, 0.4) is 0 Å². The van der Waals surface area contributed by atoms with Crippen molar-refractivity contribution in [2.24, 2.45) is 40.4 Å². The quantitative estimate of drug-likeness (QED) is 0.512. The first kappa shape index (κ1) is 21.8. The number of aliphatic hydroxyl groups is 2. The molecule has 1 heterocycles. The van der Waals surface area contributed by atoms with Crippen LogP contribution in [0.25, 0.3) is 0 Å². The van der Waals surface area contributed by atoms with Crippen molar-refractivity contribution in [2.75, 3.05) is 33.9 Å². The molecule has 0 aromatic carbocycles. The summed E-state index contributed by atoms with van der Waals surface area (Å²) in [7, 11) is 3.53. The molecule has 0 radical (unpaired) electrons. The second-order valence-corrected chi connectivity index (χ2v) is 12.0. The molecular formula is C25H40NO6+. The van der Waals surface area contributed by atoms with Crippen LogP contribution in [0.15, 0.2) is 0 Å². The molecule has 0 aromatic rings. The van der Waals surface area contributed by atoms with E-state index in [2.05, 4.69) is 6.92 Å². The molecule has 180 valence electrons. The molecule has 0 aromatic heterocycles. The number of likely N-dealkylation sites (tertiary alicyclic amines) is 1. The van der Waals surface area contributed by atoms with Gasteiger partial charge in [-0.2, -0.15) is 0 Å². The molecule has 32 heavy (non-hydrogen) atoms. The molecule has 6 aliphatic rings. The Morgan fingerprint density at radius 2 is 2.00 bits per heavy atom. The molecule has 0 amide bonds. The summed E-state index contributed by atoms with van der Waals surface area (Å²) >= 11 is 0. The van der Waals surface area contributed by atoms with Crippen LogP contribution in [-0.2, 0) is 19.0 Å². The smallest absolute Gasteiger partial charge is 0.302 e. The van der Waals surface area contributed by atoms with Crippen molar-refractivity contribution in [2.45, 2.75) is 75.9 Å². The van der Waals surface area contributed by atoms with Crippen LogP contribution in [0.1, 0.15) is 46.0 Å². The second kappa shape index (κ2) is 6.91. The number of quaternary nitrogens is 1. The Morgan fingerprint density at radius 3 is 2.66 bits per heavy atom. The van der Waals surface area contributed by atoms with Crippen LogP contribution in [-0.4, -0.2) is 80.1 Å². The van der Waals surface area contributed by atoms with Gasteiger partial charge in [-0.15, -0.1) is 0 Å². The number of nitrogens with one attached hydrogen (secondary N) is 1. The number of hydrogen-bond acceptors (Lipinski definition) is 6. The lowest BCUT2D eigenvalue weighted by Crippen LogP contribution is -3.21. The fraction of sp³-hybridized carbons (Fsp3) is 0.960. The van der Waals surface area contributed by atoms with Crippen LogP contribution >= 0.6 is 0 Å². The van der Waals surface area contributed by atoms with Gasteiger partial charge >= 0.3 is 5.97 Å². The van der Waals surface area contributed by atoms with Gasteiger partial charge in [-0.3, -0.25) is 4.79 Å². The highest BCUT2D eigenvalue weighted by atomic mass is 16.5. The predicted octanol–water partition coefficient (Wildman–Crippen LogP) is 0.0308. The van der Waals surface area contributed by atoms with E-state index >= 15 is 0 Å². The number of hydrogen-bond donors (Lipinski definition) is 3. The van der Waals surface area contributed by atoms with Gasteiger partial charge in [-0.1, -0.05) is 0 Å². The van der Waals surface area contributed by atoms with Crippen LogP contribution in [0.4, 0.5) is 0 Å². The number of esters is 1. The maximum atomic E-state index is 12.5. The summed E-state index contributed by atoms with van der Waals surface area (Å²) in [6, 6.07) is 0.247. The fourth-order valence-corrected chi connectivity index (χ4v) is 10.9. The molecule has 6 fully saturated rings. The first-order chi connectivity index (χ1) is 15.3. The Morgan fingerprint density at radius 1 is 1.22 bits per heavy atom. The van der Waals surface area contributed by atoms with Gasteiger partial charge in [0.1, 0.15) is 12.1 Å². The van der Waals surface area contributed by atoms with Crippen molar-refractivity contribution in [3.63, 3.8) is 0 Å². The Bertz CT molecular complexity index is 807. The van der Waals surface area contributed by atoms with Crippen molar-refractivity contribution in [1.82, 2.24) is 0 Å². The first-order valence-corrected chi connectivity index (χ1v) is 12.7. The summed E-state index contributed by atoms with van der Waals surface area (Å²) in [5.41, 5.74) is -1.11. The van der Waals surface area contributed by atoms with Gasteiger partial charge in [-0.25, -0.2) is 0 Å². The number of methoxy groups -OCH3 is 2. The molecular weight excluding hydrogens is 410 g/mol. The van der Waals surface area contributed by atoms with Crippen molar-refractivity contribution in [3.05, 3.63) is 0 Å². The average Bonchev–Trinajstić information content (AvgIpc) is 3.20. The first-order valence-electron chi connectivity index (χ1n) is 12.7. The van der Waals surface area contributed by atoms with Gasteiger partial charge < -0.3 is 29.3 Å². The SMILES string of the molecule is CC[NH+]1CC2(COC)CCC(O)C34C5CC6C(OC)CC(O)(C(CC23)C14)C5C6OC(C)=O. The molecule has 3 N–H and O–H groups in total. The van der Waals surface area contributed by atoms with Crippen LogP contribution < -0.4 is 4.90 Å². The van der Waals surface area contributed by atoms with Crippen LogP contribution in [0, 0.1) is 40.4 Å². The number of carbonyl (C=O) groups excluding carboxylic acids is 1. The van der Waals surface area contributed by atoms with Crippen LogP contribution in [0.2, 0.25) is 0 Å². The number of ether oxygens (including phenoxy) is 3. The Balaban J connectivity index is 1.56. The van der Waals surface area contributed by atoms with Gasteiger partial charge in [0.25, 0.3) is 0 Å². The van der Waals surface area contributed by atoms with Crippen molar-refractivity contribution in [1.29, 1.82) is 0 Å². The third-order valence-corrected chi connectivity index (χ3v) is 11.4. The van der Waals surface area contributed by atoms with E-state index < -0.39 is 5.60 Å². The second-order valence-electron chi connectivity index (χ2n) is 12.0. The molecule has 7 bridgehead atoms. The molecule has 6 rings (SSSR count). The Labute approximate surface area is 190 Å². The number of fused-ring (bicyclic) bond motifs is 2. The highest BCUT2D eigenvalue weighted by molar-refractivity contribution is 5.66. The number of rotatable bonds is 5. The zero-order chi connectivity index (χ0) is 22.6. The Hall–Kier alpha value is -0.730. The topological polar surface area (TPSA) is 89.7 Å². The Kier molecular flexibility index (Phi) is 4.70. The molecule has 13 unspecified atom stereocenters. The monoisotopic (exact) mass is 450 g/mol. The highest BCUT2D eigenvalue weighted by Gasteiger charge is 2.85. The van der Waals surface area contributed by atoms with E-state index in [4.69, 9.17) is 14.2 Å². The lowest BCUT2D eigenvalue weighted by atomic mass is 9.43. The minimum atomic E-state index is -0.922. The van der Waals surface area contributed by atoms with E-state index in [0.29, 0.717) is 12.3 Å². The summed E-state index contributed by atoms with van der Waals surface area (Å²) in [4.78, 5) is 13.6. The predicted molar refractivity (Wildman–Crippen MR) is 115 cm³/mol. The lowest BCUT2D eigenvalue weighted by molar-refractivity contribution is -0.953. The van der Waals surface area contributed by atoms with E-state index in [9.17, 15) is 15.0 Å². The summed E-state index contributed by atoms with van der Waals surface area (Å²) in [6.45, 7) is 6.50. The summed E-state index contributed by atoms with van der Waals surface area (Å²) in [6.07, 6.45) is 3.39. The van der Waals surface area contributed by atoms with Crippen LogP contribution in [0.5, 0.6) is 0 Å². The van der Waals surface area contributed by atoms with E-state index in [1.54, 1.807) is 14.2 Å².